The van der Waals surface area contributed by atoms with Gasteiger partial charge in [0.25, 0.3) is 0 Å². The Bertz CT molecular complexity index is 489. The van der Waals surface area contributed by atoms with Gasteiger partial charge < -0.3 is 20.7 Å². The Labute approximate surface area is 158 Å². The highest BCUT2D eigenvalue weighted by Gasteiger charge is 2.59. The molecule has 2 rings (SSSR count). The molecule has 0 aromatic rings. The minimum Gasteiger partial charge on any atom is -0.378 e. The van der Waals surface area contributed by atoms with Crippen LogP contribution < -0.4 is 11.1 Å². The standard InChI is InChI=1S/C20H37N3O3/c1-5-11-23(17(24)13-22-19(25)18(21)14(3)4)15-12-16(26-6-2)20(15)9-7-8-10-20/h14-16,18H,5-13,21H2,1-4H3,(H,22,25)/t15?,16?,18-/m0/s1. The Kier molecular flexibility index (Phi) is 7.47. The van der Waals surface area contributed by atoms with Gasteiger partial charge in [0.1, 0.15) is 0 Å². The first-order chi connectivity index (χ1) is 12.4. The summed E-state index contributed by atoms with van der Waals surface area (Å²) >= 11 is 0. The molecule has 0 bridgehead atoms. The number of amides is 2. The number of hydrogen-bond donors (Lipinski definition) is 2. The van der Waals surface area contributed by atoms with Crippen molar-refractivity contribution in [3.63, 3.8) is 0 Å². The van der Waals surface area contributed by atoms with Gasteiger partial charge in [-0.25, -0.2) is 0 Å². The zero-order valence-corrected chi connectivity index (χ0v) is 16.9. The first kappa shape index (κ1) is 21.2. The molecule has 2 saturated carbocycles. The molecule has 3 N–H and O–H groups in total. The quantitative estimate of drug-likeness (QED) is 0.653. The van der Waals surface area contributed by atoms with Gasteiger partial charge in [-0.2, -0.15) is 0 Å². The normalized spacial score (nSPS) is 25.2. The van der Waals surface area contributed by atoms with E-state index in [0.717, 1.165) is 38.8 Å². The van der Waals surface area contributed by atoms with E-state index in [9.17, 15) is 9.59 Å². The molecule has 2 aliphatic carbocycles. The Morgan fingerprint density at radius 3 is 2.46 bits per heavy atom. The lowest BCUT2D eigenvalue weighted by Crippen LogP contribution is -2.65. The van der Waals surface area contributed by atoms with Crippen molar-refractivity contribution in [1.29, 1.82) is 0 Å². The average Bonchev–Trinajstić information content (AvgIpc) is 3.13. The smallest absolute Gasteiger partial charge is 0.242 e. The minimum atomic E-state index is -0.574. The molecule has 0 aromatic carbocycles. The van der Waals surface area contributed by atoms with Crippen LogP contribution in [0.2, 0.25) is 0 Å². The zero-order chi connectivity index (χ0) is 19.3. The molecule has 2 amide bonds. The Morgan fingerprint density at radius 2 is 1.92 bits per heavy atom. The molecule has 0 radical (unpaired) electrons. The minimum absolute atomic E-state index is 0.00220. The third kappa shape index (κ3) is 4.22. The van der Waals surface area contributed by atoms with E-state index in [1.165, 1.54) is 12.8 Å². The molecule has 6 nitrogen and oxygen atoms in total. The highest BCUT2D eigenvalue weighted by atomic mass is 16.5. The van der Waals surface area contributed by atoms with Crippen LogP contribution in [0.5, 0.6) is 0 Å². The van der Waals surface area contributed by atoms with Crippen molar-refractivity contribution in [3.8, 4) is 0 Å². The third-order valence-electron chi connectivity index (χ3n) is 6.24. The summed E-state index contributed by atoms with van der Waals surface area (Å²) in [7, 11) is 0. The SMILES string of the molecule is CCCN(C(=O)CNC(=O)[C@@H](N)C(C)C)C1CC(OCC)C12CCCC2. The van der Waals surface area contributed by atoms with Crippen molar-refractivity contribution in [2.24, 2.45) is 17.1 Å². The van der Waals surface area contributed by atoms with Crippen molar-refractivity contribution < 1.29 is 14.3 Å². The lowest BCUT2D eigenvalue weighted by Gasteiger charge is -2.57. The lowest BCUT2D eigenvalue weighted by atomic mass is 9.60. The molecular formula is C20H37N3O3. The van der Waals surface area contributed by atoms with Crippen LogP contribution in [0.25, 0.3) is 0 Å². The fourth-order valence-corrected chi connectivity index (χ4v) is 4.67. The van der Waals surface area contributed by atoms with Crippen LogP contribution in [0, 0.1) is 11.3 Å². The highest BCUT2D eigenvalue weighted by Crippen LogP contribution is 2.56. The predicted molar refractivity (Wildman–Crippen MR) is 103 cm³/mol. The van der Waals surface area contributed by atoms with E-state index >= 15 is 0 Å². The number of carbonyl (C=O) groups is 2. The predicted octanol–water partition coefficient (Wildman–Crippen LogP) is 2.06. The van der Waals surface area contributed by atoms with Crippen LogP contribution >= 0.6 is 0 Å². The summed E-state index contributed by atoms with van der Waals surface area (Å²) < 4.78 is 5.99. The maximum Gasteiger partial charge on any atom is 0.242 e. The number of ether oxygens (including phenoxy) is 1. The van der Waals surface area contributed by atoms with Crippen molar-refractivity contribution in [2.75, 3.05) is 19.7 Å². The number of rotatable bonds is 9. The summed E-state index contributed by atoms with van der Waals surface area (Å²) in [6, 6.07) is -0.334. The number of nitrogens with zero attached hydrogens (tertiary/aromatic N) is 1. The van der Waals surface area contributed by atoms with E-state index < -0.39 is 6.04 Å². The first-order valence-corrected chi connectivity index (χ1v) is 10.3. The first-order valence-electron chi connectivity index (χ1n) is 10.3. The summed E-state index contributed by atoms with van der Waals surface area (Å²) in [5.41, 5.74) is 5.99. The summed E-state index contributed by atoms with van der Waals surface area (Å²) in [5, 5.41) is 2.73. The maximum atomic E-state index is 12.9. The molecule has 0 aliphatic heterocycles. The number of hydrogen-bond acceptors (Lipinski definition) is 4. The topological polar surface area (TPSA) is 84.7 Å². The monoisotopic (exact) mass is 367 g/mol. The molecule has 3 atom stereocenters. The van der Waals surface area contributed by atoms with Crippen molar-refractivity contribution >= 4 is 11.8 Å². The van der Waals surface area contributed by atoms with Crippen molar-refractivity contribution in [3.05, 3.63) is 0 Å². The fraction of sp³-hybridized carbons (Fsp3) is 0.900. The van der Waals surface area contributed by atoms with Gasteiger partial charge >= 0.3 is 0 Å². The second-order valence-corrected chi connectivity index (χ2v) is 8.21. The van der Waals surface area contributed by atoms with Crippen LogP contribution in [-0.4, -0.2) is 54.6 Å². The van der Waals surface area contributed by atoms with Crippen molar-refractivity contribution in [2.45, 2.75) is 84.4 Å². The molecule has 26 heavy (non-hydrogen) atoms. The van der Waals surface area contributed by atoms with Gasteiger partial charge in [-0.05, 0) is 38.5 Å². The number of nitrogens with two attached hydrogens (primary N) is 1. The number of nitrogens with one attached hydrogen (secondary N) is 1. The fourth-order valence-electron chi connectivity index (χ4n) is 4.67. The van der Waals surface area contributed by atoms with Gasteiger partial charge in [0, 0.05) is 24.6 Å². The Morgan fingerprint density at radius 1 is 1.27 bits per heavy atom. The van der Waals surface area contributed by atoms with E-state index in [1.54, 1.807) is 0 Å². The average molecular weight is 368 g/mol. The van der Waals surface area contributed by atoms with Crippen LogP contribution in [0.1, 0.15) is 66.2 Å². The third-order valence-corrected chi connectivity index (χ3v) is 6.24. The van der Waals surface area contributed by atoms with E-state index in [-0.39, 0.29) is 41.8 Å². The van der Waals surface area contributed by atoms with Crippen molar-refractivity contribution in [1.82, 2.24) is 10.2 Å². The second kappa shape index (κ2) is 9.18. The Balaban J connectivity index is 2.01. The van der Waals surface area contributed by atoms with Gasteiger partial charge in [-0.15, -0.1) is 0 Å². The summed E-state index contributed by atoms with van der Waals surface area (Å²) in [5.74, 6) is -0.194. The van der Waals surface area contributed by atoms with E-state index in [4.69, 9.17) is 10.5 Å². The van der Waals surface area contributed by atoms with Gasteiger partial charge in [0.2, 0.25) is 11.8 Å². The molecule has 6 heteroatoms. The van der Waals surface area contributed by atoms with Crippen LogP contribution in [0.4, 0.5) is 0 Å². The van der Waals surface area contributed by atoms with Gasteiger partial charge in [-0.3, -0.25) is 9.59 Å². The molecule has 2 unspecified atom stereocenters. The van der Waals surface area contributed by atoms with Crippen LogP contribution in [-0.2, 0) is 14.3 Å². The summed E-state index contributed by atoms with van der Waals surface area (Å²) in [6.45, 7) is 9.43. The Hall–Kier alpha value is -1.14. The number of carbonyl (C=O) groups excluding carboxylic acids is 2. The summed E-state index contributed by atoms with van der Waals surface area (Å²) in [4.78, 5) is 27.0. The molecule has 0 aromatic heterocycles. The van der Waals surface area contributed by atoms with E-state index in [0.29, 0.717) is 0 Å². The highest BCUT2D eigenvalue weighted by molar-refractivity contribution is 5.87. The molecule has 2 fully saturated rings. The molecule has 0 heterocycles. The van der Waals surface area contributed by atoms with E-state index in [1.807, 2.05) is 25.7 Å². The summed E-state index contributed by atoms with van der Waals surface area (Å²) in [6.07, 6.45) is 6.82. The van der Waals surface area contributed by atoms with Gasteiger partial charge in [0.05, 0.1) is 18.7 Å². The van der Waals surface area contributed by atoms with Crippen LogP contribution in [0.3, 0.4) is 0 Å². The molecule has 2 aliphatic rings. The van der Waals surface area contributed by atoms with E-state index in [2.05, 4.69) is 12.2 Å². The molecular weight excluding hydrogens is 330 g/mol. The maximum absolute atomic E-state index is 12.9. The zero-order valence-electron chi connectivity index (χ0n) is 16.9. The lowest BCUT2D eigenvalue weighted by molar-refractivity contribution is -0.176. The molecule has 1 spiro atoms. The van der Waals surface area contributed by atoms with Gasteiger partial charge in [-0.1, -0.05) is 33.6 Å². The van der Waals surface area contributed by atoms with Crippen LogP contribution in [0.15, 0.2) is 0 Å². The van der Waals surface area contributed by atoms with Gasteiger partial charge in [0.15, 0.2) is 0 Å². The second-order valence-electron chi connectivity index (χ2n) is 8.21. The largest absolute Gasteiger partial charge is 0.378 e. The molecule has 150 valence electrons. The molecule has 0 saturated heterocycles.